The third-order valence-electron chi connectivity index (χ3n) is 3.77. The quantitative estimate of drug-likeness (QED) is 0.656. The van der Waals surface area contributed by atoms with Crippen LogP contribution in [0.5, 0.6) is 0 Å². The number of anilines is 1. The molecule has 2 aromatic rings. The largest absolute Gasteiger partial charge is 0.460 e. The number of allylic oxidation sites excluding steroid dienone is 2. The van der Waals surface area contributed by atoms with Crippen molar-refractivity contribution in [3.8, 4) is 0 Å². The lowest BCUT2D eigenvalue weighted by Gasteiger charge is -2.10. The van der Waals surface area contributed by atoms with Crippen LogP contribution in [0.2, 0.25) is 0 Å². The summed E-state index contributed by atoms with van der Waals surface area (Å²) in [5.41, 5.74) is 1.98. The van der Waals surface area contributed by atoms with Crippen molar-refractivity contribution in [2.75, 3.05) is 11.9 Å². The summed E-state index contributed by atoms with van der Waals surface area (Å²) in [5.74, 6) is 0.763. The predicted molar refractivity (Wildman–Crippen MR) is 87.9 cm³/mol. The maximum Gasteiger partial charge on any atom is 0.325 e. The third kappa shape index (κ3) is 4.39. The normalized spacial score (nSPS) is 13.9. The molecule has 1 N–H and O–H groups in total. The van der Waals surface area contributed by atoms with Crippen molar-refractivity contribution in [1.29, 1.82) is 0 Å². The number of carbonyl (C=O) groups is 1. The second-order valence-electron chi connectivity index (χ2n) is 5.47. The summed E-state index contributed by atoms with van der Waals surface area (Å²) in [5, 5.41) is 3.00. The Bertz CT molecular complexity index is 678. The zero-order valence-electron chi connectivity index (χ0n) is 12.8. The molecule has 5 nitrogen and oxygen atoms in total. The van der Waals surface area contributed by atoms with Gasteiger partial charge in [-0.2, -0.15) is 0 Å². The highest BCUT2D eigenvalue weighted by Gasteiger charge is 2.15. The Hall–Kier alpha value is -2.69. The fraction of sp³-hybridized carbons (Fsp3) is 0.278. The van der Waals surface area contributed by atoms with Crippen molar-refractivity contribution in [3.63, 3.8) is 0 Å². The van der Waals surface area contributed by atoms with Gasteiger partial charge in [-0.05, 0) is 18.4 Å². The van der Waals surface area contributed by atoms with Gasteiger partial charge < -0.3 is 10.1 Å². The molecule has 0 saturated carbocycles. The summed E-state index contributed by atoms with van der Waals surface area (Å²) in [6, 6.07) is 11.5. The van der Waals surface area contributed by atoms with Crippen molar-refractivity contribution < 1.29 is 9.53 Å². The van der Waals surface area contributed by atoms with Gasteiger partial charge in [0.2, 0.25) is 0 Å². The molecule has 3 rings (SSSR count). The highest BCUT2D eigenvalue weighted by molar-refractivity contribution is 5.74. The Morgan fingerprint density at radius 3 is 2.74 bits per heavy atom. The summed E-state index contributed by atoms with van der Waals surface area (Å²) in [6.45, 7) is 0.371. The van der Waals surface area contributed by atoms with E-state index in [4.69, 9.17) is 4.74 Å². The zero-order chi connectivity index (χ0) is 15.9. The van der Waals surface area contributed by atoms with Crippen LogP contribution in [0.25, 0.3) is 0 Å². The van der Waals surface area contributed by atoms with E-state index in [1.54, 1.807) is 0 Å². The van der Waals surface area contributed by atoms with Crippen LogP contribution in [-0.4, -0.2) is 22.5 Å². The van der Waals surface area contributed by atoms with Gasteiger partial charge in [-0.25, -0.2) is 9.97 Å². The van der Waals surface area contributed by atoms with Crippen molar-refractivity contribution in [3.05, 3.63) is 66.1 Å². The zero-order valence-corrected chi connectivity index (χ0v) is 12.8. The van der Waals surface area contributed by atoms with Gasteiger partial charge in [0.1, 0.15) is 25.3 Å². The molecule has 0 bridgehead atoms. The highest BCUT2D eigenvalue weighted by atomic mass is 16.5. The lowest BCUT2D eigenvalue weighted by molar-refractivity contribution is -0.142. The lowest BCUT2D eigenvalue weighted by atomic mass is 10.0. The van der Waals surface area contributed by atoms with Crippen LogP contribution in [0.4, 0.5) is 5.82 Å². The van der Waals surface area contributed by atoms with E-state index in [1.807, 2.05) is 36.4 Å². The fourth-order valence-corrected chi connectivity index (χ4v) is 2.50. The Balaban J connectivity index is 1.48. The molecule has 1 aliphatic rings. The molecule has 0 atom stereocenters. The average molecular weight is 309 g/mol. The second kappa shape index (κ2) is 7.54. The summed E-state index contributed by atoms with van der Waals surface area (Å²) in [4.78, 5) is 20.3. The van der Waals surface area contributed by atoms with E-state index >= 15 is 0 Å². The van der Waals surface area contributed by atoms with E-state index in [9.17, 15) is 4.79 Å². The van der Waals surface area contributed by atoms with Crippen LogP contribution in [0.1, 0.15) is 30.0 Å². The van der Waals surface area contributed by atoms with Crippen LogP contribution < -0.4 is 5.32 Å². The van der Waals surface area contributed by atoms with E-state index < -0.39 is 0 Å². The number of hydrogen-bond acceptors (Lipinski definition) is 5. The molecule has 0 amide bonds. The van der Waals surface area contributed by atoms with Crippen molar-refractivity contribution in [1.82, 2.24) is 9.97 Å². The Morgan fingerprint density at radius 1 is 1.17 bits per heavy atom. The number of aromatic nitrogens is 2. The number of carbonyl (C=O) groups excluding carboxylic acids is 1. The van der Waals surface area contributed by atoms with E-state index in [0.717, 1.165) is 24.1 Å². The number of ether oxygens (including phenoxy) is 1. The van der Waals surface area contributed by atoms with E-state index in [-0.39, 0.29) is 19.1 Å². The maximum absolute atomic E-state index is 11.8. The first-order chi connectivity index (χ1) is 11.3. The van der Waals surface area contributed by atoms with Gasteiger partial charge in [-0.15, -0.1) is 0 Å². The first kappa shape index (κ1) is 15.2. The average Bonchev–Trinajstić information content (AvgIpc) is 3.14. The number of esters is 1. The van der Waals surface area contributed by atoms with Gasteiger partial charge >= 0.3 is 5.97 Å². The molecule has 0 spiro atoms. The van der Waals surface area contributed by atoms with Gasteiger partial charge in [0, 0.05) is 17.7 Å². The minimum atomic E-state index is -0.309. The molecule has 1 aromatic carbocycles. The predicted octanol–water partition coefficient (Wildman–Crippen LogP) is 3.07. The molecular formula is C18H19N3O2. The van der Waals surface area contributed by atoms with Gasteiger partial charge in [-0.1, -0.05) is 42.5 Å². The number of rotatable bonds is 6. The monoisotopic (exact) mass is 309 g/mol. The number of nitrogens with one attached hydrogen (secondary N) is 1. The third-order valence-corrected chi connectivity index (χ3v) is 3.77. The van der Waals surface area contributed by atoms with E-state index in [2.05, 4.69) is 27.4 Å². The fourth-order valence-electron chi connectivity index (χ4n) is 2.50. The van der Waals surface area contributed by atoms with Crippen LogP contribution in [0.15, 0.2) is 54.9 Å². The smallest absolute Gasteiger partial charge is 0.325 e. The molecule has 1 aliphatic carbocycles. The van der Waals surface area contributed by atoms with Gasteiger partial charge in [0.05, 0.1) is 0 Å². The number of benzene rings is 1. The number of hydrogen-bond donors (Lipinski definition) is 1. The molecule has 118 valence electrons. The SMILES string of the molecule is O=C(CNc1cc(C2CC=CC2)ncn1)OCc1ccccc1. The highest BCUT2D eigenvalue weighted by Crippen LogP contribution is 2.28. The van der Waals surface area contributed by atoms with Crippen LogP contribution in [0.3, 0.4) is 0 Å². The van der Waals surface area contributed by atoms with Crippen molar-refractivity contribution in [2.45, 2.75) is 25.4 Å². The number of nitrogens with zero attached hydrogens (tertiary/aromatic N) is 2. The first-order valence-corrected chi connectivity index (χ1v) is 7.71. The Labute approximate surface area is 135 Å². The molecule has 1 aromatic heterocycles. The molecular weight excluding hydrogens is 290 g/mol. The molecule has 0 saturated heterocycles. The van der Waals surface area contributed by atoms with Gasteiger partial charge in [0.25, 0.3) is 0 Å². The second-order valence-corrected chi connectivity index (χ2v) is 5.47. The van der Waals surface area contributed by atoms with Crippen LogP contribution in [0, 0.1) is 0 Å². The summed E-state index contributed by atoms with van der Waals surface area (Å²) < 4.78 is 5.23. The van der Waals surface area contributed by atoms with E-state index in [1.165, 1.54) is 6.33 Å². The lowest BCUT2D eigenvalue weighted by Crippen LogP contribution is -2.17. The standard InChI is InChI=1S/C18H19N3O2/c22-18(23-12-14-6-2-1-3-7-14)11-19-17-10-16(20-13-21-17)15-8-4-5-9-15/h1-7,10,13,15H,8-9,11-12H2,(H,19,20,21). The topological polar surface area (TPSA) is 64.1 Å². The minimum absolute atomic E-state index is 0.0895. The van der Waals surface area contributed by atoms with Gasteiger partial charge in [0.15, 0.2) is 0 Å². The Kier molecular flexibility index (Phi) is 4.99. The van der Waals surface area contributed by atoms with E-state index in [0.29, 0.717) is 11.7 Å². The summed E-state index contributed by atoms with van der Waals surface area (Å²) in [6.07, 6.45) is 7.89. The molecule has 5 heteroatoms. The Morgan fingerprint density at radius 2 is 1.96 bits per heavy atom. The molecule has 23 heavy (non-hydrogen) atoms. The van der Waals surface area contributed by atoms with Crippen molar-refractivity contribution >= 4 is 11.8 Å². The minimum Gasteiger partial charge on any atom is -0.460 e. The first-order valence-electron chi connectivity index (χ1n) is 7.71. The molecule has 1 heterocycles. The van der Waals surface area contributed by atoms with Gasteiger partial charge in [-0.3, -0.25) is 4.79 Å². The maximum atomic E-state index is 11.8. The van der Waals surface area contributed by atoms with Crippen LogP contribution >= 0.6 is 0 Å². The molecule has 0 radical (unpaired) electrons. The van der Waals surface area contributed by atoms with Crippen LogP contribution in [-0.2, 0) is 16.1 Å². The summed E-state index contributed by atoms with van der Waals surface area (Å²) in [7, 11) is 0. The molecule has 0 fully saturated rings. The molecule has 0 aliphatic heterocycles. The summed E-state index contributed by atoms with van der Waals surface area (Å²) >= 11 is 0. The van der Waals surface area contributed by atoms with Crippen molar-refractivity contribution in [2.24, 2.45) is 0 Å². The molecule has 0 unspecified atom stereocenters.